The van der Waals surface area contributed by atoms with Gasteiger partial charge in [0.05, 0.1) is 13.2 Å². The fraction of sp³-hybridized carbons (Fsp3) is 0.333. The summed E-state index contributed by atoms with van der Waals surface area (Å²) in [6.45, 7) is 0.799. The molecule has 1 rings (SSSR count). The Morgan fingerprint density at radius 1 is 1.33 bits per heavy atom. The van der Waals surface area contributed by atoms with Crippen LogP contribution in [-0.4, -0.2) is 50.6 Å². The molecular weight excluding hydrogens is 275 g/mol. The quantitative estimate of drug-likeness (QED) is 0.604. The number of benzene rings is 1. The molecule has 0 atom stereocenters. The van der Waals surface area contributed by atoms with Crippen LogP contribution in [0.25, 0.3) is 6.08 Å². The maximum Gasteiger partial charge on any atom is 0.246 e. The first-order chi connectivity index (χ1) is 10.0. The zero-order valence-electron chi connectivity index (χ0n) is 12.1. The molecule has 1 aromatic rings. The Morgan fingerprint density at radius 3 is 2.62 bits per heavy atom. The minimum atomic E-state index is -0.330. The Morgan fingerprint density at radius 2 is 2.00 bits per heavy atom. The van der Waals surface area contributed by atoms with E-state index < -0.39 is 0 Å². The summed E-state index contributed by atoms with van der Waals surface area (Å²) >= 11 is 0. The largest absolute Gasteiger partial charge is 0.383 e. The summed E-state index contributed by atoms with van der Waals surface area (Å²) in [7, 11) is 3.08. The van der Waals surface area contributed by atoms with Gasteiger partial charge in [0.15, 0.2) is 0 Å². The molecule has 5 nitrogen and oxygen atoms in total. The van der Waals surface area contributed by atoms with Gasteiger partial charge in [-0.1, -0.05) is 12.1 Å². The highest BCUT2D eigenvalue weighted by Gasteiger charge is 2.09. The molecule has 21 heavy (non-hydrogen) atoms. The fourth-order valence-electron chi connectivity index (χ4n) is 1.51. The van der Waals surface area contributed by atoms with Gasteiger partial charge in [0.1, 0.15) is 5.82 Å². The third kappa shape index (κ3) is 6.67. The minimum absolute atomic E-state index is 0.0314. The van der Waals surface area contributed by atoms with E-state index in [-0.39, 0.29) is 24.2 Å². The number of rotatable bonds is 7. The van der Waals surface area contributed by atoms with Crippen molar-refractivity contribution in [2.24, 2.45) is 0 Å². The van der Waals surface area contributed by atoms with E-state index in [4.69, 9.17) is 4.74 Å². The Kier molecular flexibility index (Phi) is 7.11. The number of ether oxygens (including phenoxy) is 1. The molecule has 2 amide bonds. The second kappa shape index (κ2) is 8.86. The number of hydrogen-bond acceptors (Lipinski definition) is 3. The molecule has 0 aromatic heterocycles. The van der Waals surface area contributed by atoms with Crippen LogP contribution in [0.3, 0.4) is 0 Å². The van der Waals surface area contributed by atoms with E-state index in [9.17, 15) is 14.0 Å². The number of methoxy groups -OCH3 is 1. The highest BCUT2D eigenvalue weighted by molar-refractivity contribution is 5.94. The summed E-state index contributed by atoms with van der Waals surface area (Å²) in [5.41, 5.74) is 0.711. The summed E-state index contributed by atoms with van der Waals surface area (Å²) in [5, 5.41) is 2.63. The Labute approximate surface area is 123 Å². The van der Waals surface area contributed by atoms with E-state index in [1.165, 1.54) is 30.2 Å². The maximum absolute atomic E-state index is 12.7. The van der Waals surface area contributed by atoms with Gasteiger partial charge < -0.3 is 15.0 Å². The second-order valence-electron chi connectivity index (χ2n) is 4.42. The van der Waals surface area contributed by atoms with Gasteiger partial charge in [-0.3, -0.25) is 9.59 Å². The maximum atomic E-state index is 12.7. The van der Waals surface area contributed by atoms with Crippen LogP contribution in [0.5, 0.6) is 0 Å². The average Bonchev–Trinajstić information content (AvgIpc) is 2.46. The number of nitrogens with zero attached hydrogens (tertiary/aromatic N) is 1. The molecule has 1 N–H and O–H groups in total. The second-order valence-corrected chi connectivity index (χ2v) is 4.42. The van der Waals surface area contributed by atoms with Gasteiger partial charge in [-0.25, -0.2) is 4.39 Å². The lowest BCUT2D eigenvalue weighted by Gasteiger charge is -2.14. The molecule has 0 spiro atoms. The molecule has 0 radical (unpaired) electrons. The Bertz CT molecular complexity index is 500. The van der Waals surface area contributed by atoms with E-state index in [0.29, 0.717) is 18.7 Å². The van der Waals surface area contributed by atoms with Gasteiger partial charge in [-0.15, -0.1) is 0 Å². The van der Waals surface area contributed by atoms with Crippen molar-refractivity contribution in [1.82, 2.24) is 10.2 Å². The van der Waals surface area contributed by atoms with Gasteiger partial charge in [-0.2, -0.15) is 0 Å². The summed E-state index contributed by atoms with van der Waals surface area (Å²) < 4.78 is 17.5. The van der Waals surface area contributed by atoms with Crippen molar-refractivity contribution in [3.63, 3.8) is 0 Å². The van der Waals surface area contributed by atoms with Crippen LogP contribution < -0.4 is 5.32 Å². The number of nitrogens with one attached hydrogen (secondary N) is 1. The van der Waals surface area contributed by atoms with Crippen LogP contribution in [0.2, 0.25) is 0 Å². The summed E-state index contributed by atoms with van der Waals surface area (Å²) in [4.78, 5) is 24.6. The van der Waals surface area contributed by atoms with Crippen molar-refractivity contribution in [2.45, 2.75) is 0 Å². The lowest BCUT2D eigenvalue weighted by atomic mass is 10.2. The van der Waals surface area contributed by atoms with Gasteiger partial charge in [0.25, 0.3) is 0 Å². The van der Waals surface area contributed by atoms with E-state index in [2.05, 4.69) is 5.32 Å². The number of likely N-dealkylation sites (N-methyl/N-ethyl adjacent to an activating group) is 1. The lowest BCUT2D eigenvalue weighted by Crippen LogP contribution is -2.38. The summed E-state index contributed by atoms with van der Waals surface area (Å²) in [6.07, 6.45) is 2.91. The number of carbonyl (C=O) groups excluding carboxylic acids is 2. The van der Waals surface area contributed by atoms with Crippen LogP contribution in [0.15, 0.2) is 30.3 Å². The monoisotopic (exact) mass is 294 g/mol. The van der Waals surface area contributed by atoms with E-state index in [1.54, 1.807) is 25.3 Å². The molecule has 0 bridgehead atoms. The van der Waals surface area contributed by atoms with Crippen molar-refractivity contribution in [1.29, 1.82) is 0 Å². The first-order valence-electron chi connectivity index (χ1n) is 6.47. The van der Waals surface area contributed by atoms with Crippen molar-refractivity contribution in [3.05, 3.63) is 41.7 Å². The summed E-state index contributed by atoms with van der Waals surface area (Å²) in [6, 6.07) is 5.77. The summed E-state index contributed by atoms with van der Waals surface area (Å²) in [5.74, 6) is -0.886. The van der Waals surface area contributed by atoms with Crippen molar-refractivity contribution in [3.8, 4) is 0 Å². The molecule has 0 aliphatic heterocycles. The lowest BCUT2D eigenvalue weighted by molar-refractivity contribution is -0.131. The van der Waals surface area contributed by atoms with Gasteiger partial charge in [0.2, 0.25) is 11.8 Å². The van der Waals surface area contributed by atoms with Crippen LogP contribution in [0.1, 0.15) is 5.56 Å². The van der Waals surface area contributed by atoms with Crippen molar-refractivity contribution in [2.75, 3.05) is 33.9 Å². The SMILES string of the molecule is COCCNC(=O)CN(C)C(=O)/C=C/c1ccc(F)cc1. The molecule has 0 heterocycles. The number of halogens is 1. The molecule has 0 saturated heterocycles. The van der Waals surface area contributed by atoms with E-state index in [0.717, 1.165) is 0 Å². The average molecular weight is 294 g/mol. The third-order valence-corrected chi connectivity index (χ3v) is 2.67. The molecule has 0 fully saturated rings. The van der Waals surface area contributed by atoms with Crippen LogP contribution in [0, 0.1) is 5.82 Å². The van der Waals surface area contributed by atoms with Gasteiger partial charge in [-0.05, 0) is 23.8 Å². The first kappa shape index (κ1) is 16.8. The Hall–Kier alpha value is -2.21. The minimum Gasteiger partial charge on any atom is -0.383 e. The van der Waals surface area contributed by atoms with Crippen molar-refractivity contribution < 1.29 is 18.7 Å². The normalized spacial score (nSPS) is 10.6. The molecule has 1 aromatic carbocycles. The molecule has 114 valence electrons. The van der Waals surface area contributed by atoms with Crippen LogP contribution in [-0.2, 0) is 14.3 Å². The van der Waals surface area contributed by atoms with Gasteiger partial charge >= 0.3 is 0 Å². The molecule has 0 unspecified atom stereocenters. The van der Waals surface area contributed by atoms with Crippen LogP contribution in [0.4, 0.5) is 4.39 Å². The molecule has 6 heteroatoms. The highest BCUT2D eigenvalue weighted by atomic mass is 19.1. The van der Waals surface area contributed by atoms with E-state index >= 15 is 0 Å². The zero-order valence-corrected chi connectivity index (χ0v) is 12.1. The molecule has 0 saturated carbocycles. The van der Waals surface area contributed by atoms with Crippen molar-refractivity contribution >= 4 is 17.9 Å². The number of carbonyl (C=O) groups is 2. The first-order valence-corrected chi connectivity index (χ1v) is 6.47. The molecule has 0 aliphatic carbocycles. The predicted molar refractivity (Wildman–Crippen MR) is 78.0 cm³/mol. The fourth-order valence-corrected chi connectivity index (χ4v) is 1.51. The third-order valence-electron chi connectivity index (χ3n) is 2.67. The Balaban J connectivity index is 2.43. The van der Waals surface area contributed by atoms with Gasteiger partial charge in [0, 0.05) is 26.8 Å². The topological polar surface area (TPSA) is 58.6 Å². The smallest absolute Gasteiger partial charge is 0.246 e. The number of hydrogen-bond donors (Lipinski definition) is 1. The molecular formula is C15H19FN2O3. The molecule has 0 aliphatic rings. The highest BCUT2D eigenvalue weighted by Crippen LogP contribution is 2.04. The zero-order chi connectivity index (χ0) is 15.7. The number of amides is 2. The predicted octanol–water partition coefficient (Wildman–Crippen LogP) is 1.06. The van der Waals surface area contributed by atoms with E-state index in [1.807, 2.05) is 0 Å². The van der Waals surface area contributed by atoms with Crippen LogP contribution >= 0.6 is 0 Å². The standard InChI is InChI=1S/C15H19FN2O3/c1-18(11-14(19)17-9-10-21-2)15(20)8-5-12-3-6-13(16)7-4-12/h3-8H,9-11H2,1-2H3,(H,17,19)/b8-5+.